The first-order valence-corrected chi connectivity index (χ1v) is 9.87. The molecule has 3 aromatic rings. The van der Waals surface area contributed by atoms with Gasteiger partial charge < -0.3 is 10.3 Å². The van der Waals surface area contributed by atoms with Gasteiger partial charge in [0.2, 0.25) is 5.91 Å². The Bertz CT molecular complexity index is 1010. The highest BCUT2D eigenvalue weighted by Crippen LogP contribution is 2.20. The molecule has 1 aromatic carbocycles. The minimum atomic E-state index is -0.671. The van der Waals surface area contributed by atoms with Gasteiger partial charge in [0.15, 0.2) is 0 Å². The van der Waals surface area contributed by atoms with Crippen LogP contribution in [0.3, 0.4) is 0 Å². The van der Waals surface area contributed by atoms with E-state index in [0.29, 0.717) is 5.82 Å². The third kappa shape index (κ3) is 4.85. The van der Waals surface area contributed by atoms with Crippen LogP contribution in [0, 0.1) is 0 Å². The Kier molecular flexibility index (Phi) is 6.07. The molecule has 0 unspecified atom stereocenters. The van der Waals surface area contributed by atoms with Crippen molar-refractivity contribution in [2.45, 2.75) is 25.3 Å². The van der Waals surface area contributed by atoms with Gasteiger partial charge in [-0.3, -0.25) is 14.6 Å². The molecule has 2 aromatic heterocycles. The summed E-state index contributed by atoms with van der Waals surface area (Å²) < 4.78 is 0. The van der Waals surface area contributed by atoms with Crippen molar-refractivity contribution < 1.29 is 4.79 Å². The molecule has 27 heavy (non-hydrogen) atoms. The number of hydrogen-bond donors (Lipinski definition) is 4. The number of carbonyl (C=O) groups is 1. The number of aromatic amines is 3. The highest BCUT2D eigenvalue weighted by atomic mass is 32.2. The van der Waals surface area contributed by atoms with Gasteiger partial charge in [-0.2, -0.15) is 16.9 Å². The lowest BCUT2D eigenvalue weighted by Gasteiger charge is -2.16. The number of aromatic nitrogens is 5. The lowest BCUT2D eigenvalue weighted by molar-refractivity contribution is -0.121. The number of H-pyrrole nitrogens is 3. The van der Waals surface area contributed by atoms with Crippen molar-refractivity contribution in [3.63, 3.8) is 0 Å². The van der Waals surface area contributed by atoms with Crippen LogP contribution in [-0.2, 0) is 11.2 Å². The van der Waals surface area contributed by atoms with Crippen molar-refractivity contribution >= 4 is 28.7 Å². The number of benzene rings is 1. The smallest absolute Gasteiger partial charge is 0.342 e. The van der Waals surface area contributed by atoms with E-state index in [-0.39, 0.29) is 30.5 Å². The first-order valence-electron chi connectivity index (χ1n) is 8.47. The predicted molar refractivity (Wildman–Crippen MR) is 104 cm³/mol. The summed E-state index contributed by atoms with van der Waals surface area (Å²) >= 11 is 1.69. The Labute approximate surface area is 158 Å². The van der Waals surface area contributed by atoms with Crippen molar-refractivity contribution in [3.8, 4) is 0 Å². The van der Waals surface area contributed by atoms with Crippen LogP contribution in [0.15, 0.2) is 33.9 Å². The zero-order valence-electron chi connectivity index (χ0n) is 14.7. The first-order chi connectivity index (χ1) is 13.1. The summed E-state index contributed by atoms with van der Waals surface area (Å²) in [7, 11) is 0. The Hall–Kier alpha value is -2.88. The summed E-state index contributed by atoms with van der Waals surface area (Å²) in [6, 6.07) is 7.44. The number of imidazole rings is 1. The molecule has 0 radical (unpaired) electrons. The largest absolute Gasteiger partial charge is 0.346 e. The second kappa shape index (κ2) is 8.67. The molecule has 9 nitrogen and oxygen atoms in total. The van der Waals surface area contributed by atoms with Crippen LogP contribution in [0.2, 0.25) is 0 Å². The van der Waals surface area contributed by atoms with E-state index in [9.17, 15) is 14.4 Å². The van der Waals surface area contributed by atoms with E-state index < -0.39 is 11.2 Å². The standard InChI is InChI=1S/C17H20N6O3S/c1-27-9-8-12(15-19-10-4-2-3-5-11(10)20-15)18-14(24)7-6-13-16(25)21-17(26)23-22-13/h2-5,12H,6-9H2,1H3,(H,18,24)(H,19,20)(H2,21,23,25,26)/t12-/m0/s1. The average Bonchev–Trinajstić information content (AvgIpc) is 3.08. The van der Waals surface area contributed by atoms with Gasteiger partial charge in [-0.1, -0.05) is 12.1 Å². The number of aryl methyl sites for hydroxylation is 1. The number of rotatable bonds is 8. The van der Waals surface area contributed by atoms with Crippen LogP contribution < -0.4 is 16.6 Å². The van der Waals surface area contributed by atoms with Crippen LogP contribution in [0.5, 0.6) is 0 Å². The third-order valence-electron chi connectivity index (χ3n) is 4.05. The number of para-hydroxylation sites is 2. The number of amides is 1. The zero-order valence-corrected chi connectivity index (χ0v) is 15.6. The van der Waals surface area contributed by atoms with Gasteiger partial charge in [-0.05, 0) is 30.6 Å². The molecule has 0 bridgehead atoms. The van der Waals surface area contributed by atoms with Crippen molar-refractivity contribution in [2.24, 2.45) is 0 Å². The highest BCUT2D eigenvalue weighted by molar-refractivity contribution is 7.98. The van der Waals surface area contributed by atoms with Crippen molar-refractivity contribution in [2.75, 3.05) is 12.0 Å². The molecular weight excluding hydrogens is 368 g/mol. The maximum atomic E-state index is 12.4. The summed E-state index contributed by atoms with van der Waals surface area (Å²) in [4.78, 5) is 45.0. The topological polar surface area (TPSA) is 136 Å². The molecule has 0 saturated carbocycles. The molecule has 10 heteroatoms. The lowest BCUT2D eigenvalue weighted by Crippen LogP contribution is -2.32. The highest BCUT2D eigenvalue weighted by Gasteiger charge is 2.18. The SMILES string of the molecule is CSCC[C@H](NC(=O)CCc1n[nH]c(=O)[nH]c1=O)c1nc2ccccc2[nH]1. The fraction of sp³-hybridized carbons (Fsp3) is 0.353. The molecule has 0 fully saturated rings. The number of nitrogens with zero attached hydrogens (tertiary/aromatic N) is 2. The van der Waals surface area contributed by atoms with E-state index in [0.717, 1.165) is 23.2 Å². The number of nitrogens with one attached hydrogen (secondary N) is 4. The molecule has 0 spiro atoms. The lowest BCUT2D eigenvalue weighted by atomic mass is 10.2. The monoisotopic (exact) mass is 388 g/mol. The molecule has 142 valence electrons. The van der Waals surface area contributed by atoms with Crippen LogP contribution in [0.1, 0.15) is 30.4 Å². The maximum Gasteiger partial charge on any atom is 0.342 e. The van der Waals surface area contributed by atoms with Crippen molar-refractivity contribution in [1.82, 2.24) is 30.5 Å². The molecule has 0 aliphatic carbocycles. The second-order valence-corrected chi connectivity index (χ2v) is 6.98. The van der Waals surface area contributed by atoms with Gasteiger partial charge in [0.1, 0.15) is 11.5 Å². The van der Waals surface area contributed by atoms with Crippen LogP contribution in [-0.4, -0.2) is 43.1 Å². The van der Waals surface area contributed by atoms with Gasteiger partial charge in [-0.25, -0.2) is 14.9 Å². The van der Waals surface area contributed by atoms with Crippen LogP contribution in [0.25, 0.3) is 11.0 Å². The molecule has 0 saturated heterocycles. The van der Waals surface area contributed by atoms with E-state index in [4.69, 9.17) is 0 Å². The van der Waals surface area contributed by atoms with Crippen LogP contribution >= 0.6 is 11.8 Å². The quantitative estimate of drug-likeness (QED) is 0.452. The minimum absolute atomic E-state index is 0.0815. The fourth-order valence-electron chi connectivity index (χ4n) is 2.69. The van der Waals surface area contributed by atoms with Gasteiger partial charge >= 0.3 is 5.69 Å². The Morgan fingerprint density at radius 2 is 2.07 bits per heavy atom. The number of carbonyl (C=O) groups excluding carboxylic acids is 1. The van der Waals surface area contributed by atoms with E-state index in [1.54, 1.807) is 11.8 Å². The Morgan fingerprint density at radius 1 is 1.26 bits per heavy atom. The Morgan fingerprint density at radius 3 is 2.81 bits per heavy atom. The number of fused-ring (bicyclic) bond motifs is 1. The molecular formula is C17H20N6O3S. The summed E-state index contributed by atoms with van der Waals surface area (Å²) in [5, 5.41) is 8.82. The predicted octanol–water partition coefficient (Wildman–Crippen LogP) is 0.878. The van der Waals surface area contributed by atoms with Crippen molar-refractivity contribution in [1.29, 1.82) is 0 Å². The average molecular weight is 388 g/mol. The van der Waals surface area contributed by atoms with Gasteiger partial charge in [0, 0.05) is 12.8 Å². The minimum Gasteiger partial charge on any atom is -0.346 e. The van der Waals surface area contributed by atoms with Crippen LogP contribution in [0.4, 0.5) is 0 Å². The maximum absolute atomic E-state index is 12.4. The normalized spacial score (nSPS) is 12.2. The summed E-state index contributed by atoms with van der Waals surface area (Å²) in [6.07, 6.45) is 2.95. The summed E-state index contributed by atoms with van der Waals surface area (Å²) in [6.45, 7) is 0. The molecule has 4 N–H and O–H groups in total. The molecule has 0 aliphatic rings. The number of thioether (sulfide) groups is 1. The van der Waals surface area contributed by atoms with E-state index in [2.05, 4.69) is 30.5 Å². The van der Waals surface area contributed by atoms with E-state index in [1.165, 1.54) is 0 Å². The van der Waals surface area contributed by atoms with E-state index >= 15 is 0 Å². The van der Waals surface area contributed by atoms with Crippen molar-refractivity contribution in [3.05, 3.63) is 56.6 Å². The zero-order chi connectivity index (χ0) is 19.2. The Balaban J connectivity index is 1.68. The van der Waals surface area contributed by atoms with Gasteiger partial charge in [-0.15, -0.1) is 0 Å². The number of hydrogen-bond acceptors (Lipinski definition) is 6. The molecule has 0 aliphatic heterocycles. The fourth-order valence-corrected chi connectivity index (χ4v) is 3.16. The molecule has 2 heterocycles. The first kappa shape index (κ1) is 18.9. The molecule has 1 amide bonds. The molecule has 3 rings (SSSR count). The summed E-state index contributed by atoms with van der Waals surface area (Å²) in [5.41, 5.74) is 0.631. The second-order valence-electron chi connectivity index (χ2n) is 5.99. The third-order valence-corrected chi connectivity index (χ3v) is 4.70. The van der Waals surface area contributed by atoms with E-state index in [1.807, 2.05) is 30.5 Å². The van der Waals surface area contributed by atoms with Gasteiger partial charge in [0.05, 0.1) is 17.1 Å². The molecule has 1 atom stereocenters. The van der Waals surface area contributed by atoms with Gasteiger partial charge in [0.25, 0.3) is 5.56 Å². The summed E-state index contributed by atoms with van der Waals surface area (Å²) in [5.74, 6) is 1.36.